The number of benzene rings is 2. The Balaban J connectivity index is 2.07. The van der Waals surface area contributed by atoms with E-state index in [2.05, 4.69) is 5.32 Å². The summed E-state index contributed by atoms with van der Waals surface area (Å²) in [5, 5.41) is 4.77. The molecule has 0 saturated carbocycles. The second-order valence-corrected chi connectivity index (χ2v) is 4.61. The van der Waals surface area contributed by atoms with Crippen LogP contribution in [-0.2, 0) is 4.79 Å². The third-order valence-corrected chi connectivity index (χ3v) is 3.40. The van der Waals surface area contributed by atoms with Crippen LogP contribution in [0.5, 0.6) is 0 Å². The predicted octanol–water partition coefficient (Wildman–Crippen LogP) is 2.75. The van der Waals surface area contributed by atoms with Crippen molar-refractivity contribution in [1.82, 2.24) is 10.2 Å². The number of fused-ring (bicyclic) bond motifs is 1. The second-order valence-electron chi connectivity index (χ2n) is 4.61. The minimum Gasteiger partial charge on any atom is -0.303 e. The first kappa shape index (κ1) is 12.4. The summed E-state index contributed by atoms with van der Waals surface area (Å²) in [7, 11) is 0. The summed E-state index contributed by atoms with van der Waals surface area (Å²) in [5.41, 5.74) is 1.25. The van der Waals surface area contributed by atoms with Crippen molar-refractivity contribution in [3.63, 3.8) is 0 Å². The van der Waals surface area contributed by atoms with Crippen LogP contribution in [0.3, 0.4) is 0 Å². The van der Waals surface area contributed by atoms with Crippen LogP contribution in [0.1, 0.15) is 12.5 Å². The van der Waals surface area contributed by atoms with Crippen LogP contribution in [0, 0.1) is 0 Å². The summed E-state index contributed by atoms with van der Waals surface area (Å²) >= 11 is 0. The lowest BCUT2D eigenvalue weighted by molar-refractivity contribution is -0.122. The van der Waals surface area contributed by atoms with Crippen LogP contribution >= 0.6 is 0 Å². The van der Waals surface area contributed by atoms with Crippen LogP contribution < -0.4 is 5.32 Å². The molecule has 0 atom stereocenters. The van der Waals surface area contributed by atoms with E-state index in [0.717, 1.165) is 16.3 Å². The van der Waals surface area contributed by atoms with Gasteiger partial charge < -0.3 is 5.32 Å². The number of urea groups is 1. The Morgan fingerprint density at radius 2 is 1.85 bits per heavy atom. The maximum Gasteiger partial charge on any atom is 0.328 e. The van der Waals surface area contributed by atoms with E-state index in [1.807, 2.05) is 42.5 Å². The Labute approximate surface area is 116 Å². The number of likely N-dealkylation sites (N-methyl/N-ethyl adjacent to an activating group) is 1. The fraction of sp³-hybridized carbons (Fsp3) is 0.125. The number of rotatable bonds is 2. The Morgan fingerprint density at radius 3 is 2.60 bits per heavy atom. The van der Waals surface area contributed by atoms with Gasteiger partial charge in [-0.2, -0.15) is 0 Å². The van der Waals surface area contributed by atoms with E-state index in [-0.39, 0.29) is 11.9 Å². The van der Waals surface area contributed by atoms with Gasteiger partial charge in [-0.15, -0.1) is 0 Å². The van der Waals surface area contributed by atoms with Crippen LogP contribution in [0.2, 0.25) is 0 Å². The average Bonchev–Trinajstić information content (AvgIpc) is 2.73. The summed E-state index contributed by atoms with van der Waals surface area (Å²) in [6.07, 6.45) is 1.73. The zero-order chi connectivity index (χ0) is 14.1. The molecule has 3 amide bonds. The molecule has 1 saturated heterocycles. The zero-order valence-electron chi connectivity index (χ0n) is 11.1. The summed E-state index contributed by atoms with van der Waals surface area (Å²) < 4.78 is 0. The Bertz CT molecular complexity index is 729. The van der Waals surface area contributed by atoms with Crippen molar-refractivity contribution in [2.75, 3.05) is 6.54 Å². The maximum atomic E-state index is 12.1. The molecule has 4 nitrogen and oxygen atoms in total. The van der Waals surface area contributed by atoms with Gasteiger partial charge in [0, 0.05) is 6.54 Å². The quantitative estimate of drug-likeness (QED) is 0.671. The van der Waals surface area contributed by atoms with Gasteiger partial charge in [-0.25, -0.2) is 4.79 Å². The van der Waals surface area contributed by atoms with E-state index in [1.165, 1.54) is 4.90 Å². The molecular formula is C16H14N2O2. The number of imide groups is 1. The Kier molecular flexibility index (Phi) is 2.99. The fourth-order valence-electron chi connectivity index (χ4n) is 2.39. The van der Waals surface area contributed by atoms with Crippen molar-refractivity contribution in [3.8, 4) is 0 Å². The molecule has 0 spiro atoms. The van der Waals surface area contributed by atoms with Gasteiger partial charge in [-0.05, 0) is 29.3 Å². The van der Waals surface area contributed by atoms with E-state index in [0.29, 0.717) is 12.2 Å². The number of hydrogen-bond acceptors (Lipinski definition) is 2. The van der Waals surface area contributed by atoms with E-state index < -0.39 is 0 Å². The van der Waals surface area contributed by atoms with Gasteiger partial charge in [0.05, 0.1) is 0 Å². The largest absolute Gasteiger partial charge is 0.328 e. The summed E-state index contributed by atoms with van der Waals surface area (Å²) in [4.78, 5) is 24.9. The zero-order valence-corrected chi connectivity index (χ0v) is 11.1. The van der Waals surface area contributed by atoms with Gasteiger partial charge in [0.15, 0.2) is 0 Å². The molecule has 2 aromatic rings. The highest BCUT2D eigenvalue weighted by molar-refractivity contribution is 6.14. The molecule has 1 aliphatic rings. The lowest BCUT2D eigenvalue weighted by Gasteiger charge is -2.06. The first-order valence-electron chi connectivity index (χ1n) is 6.53. The van der Waals surface area contributed by atoms with Crippen LogP contribution in [0.25, 0.3) is 16.8 Å². The van der Waals surface area contributed by atoms with Crippen LogP contribution in [0.15, 0.2) is 48.2 Å². The molecule has 3 rings (SSSR count). The highest BCUT2D eigenvalue weighted by Crippen LogP contribution is 2.22. The predicted molar refractivity (Wildman–Crippen MR) is 77.8 cm³/mol. The molecule has 1 fully saturated rings. The standard InChI is InChI=1S/C16H14N2O2/c1-2-18-15(19)14(17-16(18)20)10-12-8-5-7-11-6-3-4-9-13(11)12/h3-10H,2H2,1H3,(H,17,20)/b14-10-. The topological polar surface area (TPSA) is 49.4 Å². The molecule has 20 heavy (non-hydrogen) atoms. The SMILES string of the molecule is CCN1C(=O)N/C(=C\c2cccc3ccccc23)C1=O. The highest BCUT2D eigenvalue weighted by atomic mass is 16.2. The van der Waals surface area contributed by atoms with Gasteiger partial charge >= 0.3 is 6.03 Å². The number of carbonyl (C=O) groups is 2. The first-order chi connectivity index (χ1) is 9.70. The number of carbonyl (C=O) groups excluding carboxylic acids is 2. The minimum atomic E-state index is -0.357. The number of nitrogens with zero attached hydrogens (tertiary/aromatic N) is 1. The summed E-state index contributed by atoms with van der Waals surface area (Å²) in [6.45, 7) is 2.15. The Hall–Kier alpha value is -2.62. The van der Waals surface area contributed by atoms with Gasteiger partial charge in [0.25, 0.3) is 5.91 Å². The molecule has 0 aliphatic carbocycles. The van der Waals surface area contributed by atoms with E-state index in [9.17, 15) is 9.59 Å². The molecule has 4 heteroatoms. The molecule has 0 bridgehead atoms. The van der Waals surface area contributed by atoms with Crippen molar-refractivity contribution >= 4 is 28.8 Å². The monoisotopic (exact) mass is 266 g/mol. The summed E-state index contributed by atoms with van der Waals surface area (Å²) in [5.74, 6) is -0.273. The number of nitrogens with one attached hydrogen (secondary N) is 1. The van der Waals surface area contributed by atoms with Crippen LogP contribution in [0.4, 0.5) is 4.79 Å². The molecule has 0 aromatic heterocycles. The minimum absolute atomic E-state index is 0.273. The molecule has 0 radical (unpaired) electrons. The molecular weight excluding hydrogens is 252 g/mol. The van der Waals surface area contributed by atoms with Gasteiger partial charge in [-0.1, -0.05) is 42.5 Å². The highest BCUT2D eigenvalue weighted by Gasteiger charge is 2.31. The maximum absolute atomic E-state index is 12.1. The van der Waals surface area contributed by atoms with Crippen molar-refractivity contribution in [2.24, 2.45) is 0 Å². The van der Waals surface area contributed by atoms with Crippen molar-refractivity contribution in [1.29, 1.82) is 0 Å². The average molecular weight is 266 g/mol. The number of amides is 3. The third kappa shape index (κ3) is 1.95. The lowest BCUT2D eigenvalue weighted by atomic mass is 10.0. The molecule has 1 heterocycles. The summed E-state index contributed by atoms with van der Waals surface area (Å²) in [6, 6.07) is 13.5. The van der Waals surface area contributed by atoms with E-state index in [4.69, 9.17) is 0 Å². The molecule has 1 aliphatic heterocycles. The van der Waals surface area contributed by atoms with Crippen molar-refractivity contribution in [3.05, 3.63) is 53.7 Å². The molecule has 100 valence electrons. The smallest absolute Gasteiger partial charge is 0.303 e. The molecule has 2 aromatic carbocycles. The van der Waals surface area contributed by atoms with Crippen molar-refractivity contribution in [2.45, 2.75) is 6.92 Å². The third-order valence-electron chi connectivity index (χ3n) is 3.40. The lowest BCUT2D eigenvalue weighted by Crippen LogP contribution is -2.30. The van der Waals surface area contributed by atoms with Gasteiger partial charge in [0.2, 0.25) is 0 Å². The molecule has 0 unspecified atom stereocenters. The molecule has 1 N–H and O–H groups in total. The van der Waals surface area contributed by atoms with E-state index >= 15 is 0 Å². The van der Waals surface area contributed by atoms with Crippen LogP contribution in [-0.4, -0.2) is 23.4 Å². The fourth-order valence-corrected chi connectivity index (χ4v) is 2.39. The number of hydrogen-bond donors (Lipinski definition) is 1. The normalized spacial score (nSPS) is 17.1. The van der Waals surface area contributed by atoms with Crippen molar-refractivity contribution < 1.29 is 9.59 Å². The van der Waals surface area contributed by atoms with Gasteiger partial charge in [-0.3, -0.25) is 9.69 Å². The second kappa shape index (κ2) is 4.81. The Morgan fingerprint density at radius 1 is 1.10 bits per heavy atom. The first-order valence-corrected chi connectivity index (χ1v) is 6.53. The van der Waals surface area contributed by atoms with Gasteiger partial charge in [0.1, 0.15) is 5.70 Å². The van der Waals surface area contributed by atoms with E-state index in [1.54, 1.807) is 13.0 Å².